The number of amides is 1. The maximum absolute atomic E-state index is 13.5. The molecule has 1 aliphatic heterocycles. The molecule has 1 saturated heterocycles. The van der Waals surface area contributed by atoms with Gasteiger partial charge in [-0.2, -0.15) is 0 Å². The van der Waals surface area contributed by atoms with Crippen molar-refractivity contribution in [3.05, 3.63) is 60.4 Å². The topological polar surface area (TPSA) is 92.4 Å². The minimum Gasteiger partial charge on any atom is -0.355 e. The average molecular weight is 468 g/mol. The molecule has 3 heterocycles. The summed E-state index contributed by atoms with van der Waals surface area (Å²) in [6.45, 7) is 3.74. The Morgan fingerprint density at radius 2 is 1.82 bits per heavy atom. The van der Waals surface area contributed by atoms with Crippen molar-refractivity contribution >= 4 is 5.91 Å². The second-order valence-electron chi connectivity index (χ2n) is 9.02. The fraction of sp³-hybridized carbons (Fsp3) is 0.400. The molecule has 1 fully saturated rings. The van der Waals surface area contributed by atoms with Crippen LogP contribution in [-0.2, 0) is 14.3 Å². The Kier molecular flexibility index (Phi) is 7.35. The summed E-state index contributed by atoms with van der Waals surface area (Å²) in [7, 11) is 4.00. The van der Waals surface area contributed by atoms with Crippen LogP contribution in [-0.4, -0.2) is 66.2 Å². The van der Waals surface area contributed by atoms with Crippen LogP contribution in [0.4, 0.5) is 4.39 Å². The molecule has 0 radical (unpaired) electrons. The Balaban J connectivity index is 1.49. The second-order valence-corrected chi connectivity index (χ2v) is 9.02. The van der Waals surface area contributed by atoms with E-state index in [2.05, 4.69) is 20.2 Å². The number of H-pyrrole nitrogens is 1. The van der Waals surface area contributed by atoms with E-state index in [1.165, 1.54) is 12.1 Å². The van der Waals surface area contributed by atoms with Crippen molar-refractivity contribution in [2.24, 2.45) is 5.41 Å². The number of aromatic nitrogens is 3. The zero-order chi connectivity index (χ0) is 24.1. The fourth-order valence-corrected chi connectivity index (χ4v) is 3.76. The summed E-state index contributed by atoms with van der Waals surface area (Å²) in [5.74, 6) is 0.0800. The Morgan fingerprint density at radius 3 is 2.47 bits per heavy atom. The van der Waals surface area contributed by atoms with E-state index in [0.29, 0.717) is 18.1 Å². The van der Waals surface area contributed by atoms with Crippen molar-refractivity contribution in [2.45, 2.75) is 19.6 Å². The van der Waals surface area contributed by atoms with E-state index in [1.807, 2.05) is 33.2 Å². The maximum Gasteiger partial charge on any atom is 0.230 e. The van der Waals surface area contributed by atoms with E-state index < -0.39 is 11.7 Å². The molecular formula is C25H30FN5O3. The molecule has 0 bridgehead atoms. The number of ether oxygens (including phenoxy) is 2. The van der Waals surface area contributed by atoms with E-state index in [0.717, 1.165) is 29.8 Å². The first-order valence-electron chi connectivity index (χ1n) is 11.3. The van der Waals surface area contributed by atoms with E-state index in [1.54, 1.807) is 24.5 Å². The van der Waals surface area contributed by atoms with Crippen LogP contribution in [0, 0.1) is 11.2 Å². The Hall–Kier alpha value is -3.14. The Bertz CT molecular complexity index is 1090. The summed E-state index contributed by atoms with van der Waals surface area (Å²) in [4.78, 5) is 26.9. The highest BCUT2D eigenvalue weighted by Crippen LogP contribution is 2.35. The van der Waals surface area contributed by atoms with Gasteiger partial charge in [-0.15, -0.1) is 0 Å². The third-order valence-corrected chi connectivity index (χ3v) is 5.75. The van der Waals surface area contributed by atoms with Crippen LogP contribution in [0.3, 0.4) is 0 Å². The number of carbonyl (C=O) groups excluding carboxylic acids is 1. The quantitative estimate of drug-likeness (QED) is 0.494. The number of hydrogen-bond donors (Lipinski definition) is 2. The molecule has 1 aliphatic rings. The second kappa shape index (κ2) is 10.4. The molecule has 0 saturated carbocycles. The molecule has 0 unspecified atom stereocenters. The van der Waals surface area contributed by atoms with Gasteiger partial charge in [0.25, 0.3) is 0 Å². The van der Waals surface area contributed by atoms with Gasteiger partial charge in [-0.25, -0.2) is 9.37 Å². The van der Waals surface area contributed by atoms with Crippen LogP contribution >= 0.6 is 0 Å². The van der Waals surface area contributed by atoms with E-state index in [-0.39, 0.29) is 24.9 Å². The number of aromatic amines is 1. The number of nitrogens with zero attached hydrogens (tertiary/aromatic N) is 3. The standard InChI is InChI=1S/C25H30FN5O3/c1-25(24(32)28-11-4-14-31(2)3)15-33-23(34-16-25)22-29-20(17-5-7-19(26)8-6-17)21(30-22)18-9-12-27-13-10-18/h5-10,12-13,23H,4,11,14-16H2,1-3H3,(H,28,32)(H,29,30). The summed E-state index contributed by atoms with van der Waals surface area (Å²) in [5.41, 5.74) is 2.26. The van der Waals surface area contributed by atoms with Crippen LogP contribution in [0.1, 0.15) is 25.5 Å². The van der Waals surface area contributed by atoms with E-state index >= 15 is 0 Å². The van der Waals surface area contributed by atoms with Gasteiger partial charge in [-0.05, 0) is 70.4 Å². The largest absolute Gasteiger partial charge is 0.355 e. The van der Waals surface area contributed by atoms with Crippen molar-refractivity contribution in [1.29, 1.82) is 0 Å². The van der Waals surface area contributed by atoms with Crippen LogP contribution < -0.4 is 5.32 Å². The third kappa shape index (κ3) is 5.49. The molecule has 4 rings (SSSR count). The van der Waals surface area contributed by atoms with Crippen molar-refractivity contribution in [3.63, 3.8) is 0 Å². The molecule has 0 aliphatic carbocycles. The number of carbonyl (C=O) groups is 1. The summed E-state index contributed by atoms with van der Waals surface area (Å²) >= 11 is 0. The molecule has 8 nitrogen and oxygen atoms in total. The van der Waals surface area contributed by atoms with Gasteiger partial charge < -0.3 is 24.7 Å². The minimum absolute atomic E-state index is 0.0892. The number of pyridine rings is 1. The third-order valence-electron chi connectivity index (χ3n) is 5.75. The monoisotopic (exact) mass is 467 g/mol. The Morgan fingerprint density at radius 1 is 1.15 bits per heavy atom. The van der Waals surface area contributed by atoms with Gasteiger partial charge in [0.2, 0.25) is 12.2 Å². The lowest BCUT2D eigenvalue weighted by Crippen LogP contribution is -2.49. The predicted molar refractivity (Wildman–Crippen MR) is 126 cm³/mol. The first-order valence-corrected chi connectivity index (χ1v) is 11.3. The smallest absolute Gasteiger partial charge is 0.230 e. The van der Waals surface area contributed by atoms with Crippen LogP contribution in [0.15, 0.2) is 48.8 Å². The summed E-state index contributed by atoms with van der Waals surface area (Å²) in [6.07, 6.45) is 3.51. The molecule has 1 amide bonds. The van der Waals surface area contributed by atoms with Crippen LogP contribution in [0.2, 0.25) is 0 Å². The summed E-state index contributed by atoms with van der Waals surface area (Å²) < 4.78 is 25.4. The van der Waals surface area contributed by atoms with Crippen molar-refractivity contribution in [3.8, 4) is 22.5 Å². The van der Waals surface area contributed by atoms with Gasteiger partial charge in [0.1, 0.15) is 5.82 Å². The first-order chi connectivity index (χ1) is 16.4. The molecule has 2 N–H and O–H groups in total. The SMILES string of the molecule is CN(C)CCCNC(=O)C1(C)COC(c2nc(-c3ccc(F)cc3)c(-c3ccncc3)[nH]2)OC1. The molecule has 180 valence electrons. The number of nitrogens with one attached hydrogen (secondary N) is 2. The highest BCUT2D eigenvalue weighted by molar-refractivity contribution is 5.82. The highest BCUT2D eigenvalue weighted by atomic mass is 19.1. The fourth-order valence-electron chi connectivity index (χ4n) is 3.76. The normalized spacial score (nSPS) is 20.4. The lowest BCUT2D eigenvalue weighted by atomic mass is 9.91. The van der Waals surface area contributed by atoms with Crippen molar-refractivity contribution < 1.29 is 18.7 Å². The number of halogens is 1. The maximum atomic E-state index is 13.5. The van der Waals surface area contributed by atoms with Crippen LogP contribution in [0.25, 0.3) is 22.5 Å². The number of rotatable bonds is 8. The van der Waals surface area contributed by atoms with Gasteiger partial charge in [0, 0.05) is 30.1 Å². The Labute approximate surface area is 198 Å². The van der Waals surface area contributed by atoms with Gasteiger partial charge in [-0.1, -0.05) is 0 Å². The zero-order valence-corrected chi connectivity index (χ0v) is 19.7. The summed E-state index contributed by atoms with van der Waals surface area (Å²) in [6, 6.07) is 9.89. The average Bonchev–Trinajstić information content (AvgIpc) is 3.28. The molecular weight excluding hydrogens is 437 g/mol. The van der Waals surface area contributed by atoms with E-state index in [4.69, 9.17) is 14.5 Å². The molecule has 9 heteroatoms. The van der Waals surface area contributed by atoms with Crippen molar-refractivity contribution in [1.82, 2.24) is 25.2 Å². The first kappa shape index (κ1) is 24.0. The lowest BCUT2D eigenvalue weighted by Gasteiger charge is -2.35. The molecule has 1 aromatic carbocycles. The molecule has 34 heavy (non-hydrogen) atoms. The number of hydrogen-bond acceptors (Lipinski definition) is 6. The predicted octanol–water partition coefficient (Wildman–Crippen LogP) is 3.40. The van der Waals surface area contributed by atoms with E-state index in [9.17, 15) is 9.18 Å². The number of benzene rings is 1. The highest BCUT2D eigenvalue weighted by Gasteiger charge is 2.40. The zero-order valence-electron chi connectivity index (χ0n) is 19.7. The van der Waals surface area contributed by atoms with Gasteiger partial charge in [-0.3, -0.25) is 9.78 Å². The minimum atomic E-state index is -0.783. The lowest BCUT2D eigenvalue weighted by molar-refractivity contribution is -0.231. The molecule has 3 aromatic rings. The molecule has 2 aromatic heterocycles. The van der Waals surface area contributed by atoms with Gasteiger partial charge in [0.05, 0.1) is 30.0 Å². The van der Waals surface area contributed by atoms with Crippen molar-refractivity contribution in [2.75, 3.05) is 40.4 Å². The van der Waals surface area contributed by atoms with Crippen LogP contribution in [0.5, 0.6) is 0 Å². The van der Waals surface area contributed by atoms with Gasteiger partial charge >= 0.3 is 0 Å². The summed E-state index contributed by atoms with van der Waals surface area (Å²) in [5, 5.41) is 2.98. The molecule has 0 spiro atoms. The molecule has 0 atom stereocenters. The number of imidazole rings is 1. The van der Waals surface area contributed by atoms with Gasteiger partial charge in [0.15, 0.2) is 5.82 Å².